The molecule has 0 spiro atoms. The molecular formula is C24H23F2N5S. The third-order valence-electron chi connectivity index (χ3n) is 6.06. The molecule has 2 heterocycles. The van der Waals surface area contributed by atoms with Crippen LogP contribution < -0.4 is 10.5 Å². The molecule has 0 aliphatic heterocycles. The molecule has 5 rings (SSSR count). The van der Waals surface area contributed by atoms with Crippen LogP contribution in [0.15, 0.2) is 53.8 Å². The van der Waals surface area contributed by atoms with E-state index < -0.39 is 5.82 Å². The van der Waals surface area contributed by atoms with E-state index in [-0.39, 0.29) is 5.82 Å². The molecule has 0 saturated heterocycles. The van der Waals surface area contributed by atoms with Gasteiger partial charge in [0.15, 0.2) is 0 Å². The Morgan fingerprint density at radius 2 is 1.91 bits per heavy atom. The number of aromatic nitrogens is 3. The first-order valence-electron chi connectivity index (χ1n) is 10.6. The lowest BCUT2D eigenvalue weighted by Gasteiger charge is -2.12. The Kier molecular flexibility index (Phi) is 5.46. The summed E-state index contributed by atoms with van der Waals surface area (Å²) < 4.78 is 33.7. The zero-order valence-corrected chi connectivity index (χ0v) is 18.4. The molecule has 4 aromatic rings. The molecule has 1 fully saturated rings. The summed E-state index contributed by atoms with van der Waals surface area (Å²) in [5.74, 6) is -0.336. The number of halogens is 2. The highest BCUT2D eigenvalue weighted by Gasteiger charge is 2.23. The van der Waals surface area contributed by atoms with Crippen LogP contribution in [0.2, 0.25) is 0 Å². The second-order valence-corrected chi connectivity index (χ2v) is 9.00. The van der Waals surface area contributed by atoms with Gasteiger partial charge in [-0.2, -0.15) is 0 Å². The predicted molar refractivity (Wildman–Crippen MR) is 125 cm³/mol. The van der Waals surface area contributed by atoms with Crippen LogP contribution in [0.1, 0.15) is 37.3 Å². The number of hydrogen-bond acceptors (Lipinski definition) is 5. The lowest BCUT2D eigenvalue weighted by molar-refractivity contribution is 0.532. The van der Waals surface area contributed by atoms with Gasteiger partial charge >= 0.3 is 0 Å². The number of nitrogens with one attached hydrogen (secondary N) is 1. The summed E-state index contributed by atoms with van der Waals surface area (Å²) in [6.45, 7) is 1.88. The average molecular weight is 452 g/mol. The summed E-state index contributed by atoms with van der Waals surface area (Å²) >= 11 is 1.18. The van der Waals surface area contributed by atoms with Crippen LogP contribution in [0.3, 0.4) is 0 Å². The molecule has 5 nitrogen and oxygen atoms in total. The van der Waals surface area contributed by atoms with Gasteiger partial charge in [0.1, 0.15) is 29.4 Å². The first-order chi connectivity index (χ1) is 15.5. The van der Waals surface area contributed by atoms with Crippen molar-refractivity contribution >= 4 is 34.5 Å². The van der Waals surface area contributed by atoms with Crippen LogP contribution in [0.25, 0.3) is 22.2 Å². The van der Waals surface area contributed by atoms with Crippen molar-refractivity contribution in [3.8, 4) is 11.1 Å². The number of anilines is 2. The summed E-state index contributed by atoms with van der Waals surface area (Å²) in [5, 5.41) is 0.754. The summed E-state index contributed by atoms with van der Waals surface area (Å²) in [5.41, 5.74) is 9.77. The number of nitrogens with zero attached hydrogens (tertiary/aromatic N) is 3. The van der Waals surface area contributed by atoms with E-state index in [0.29, 0.717) is 28.0 Å². The van der Waals surface area contributed by atoms with Crippen molar-refractivity contribution in [1.82, 2.24) is 14.5 Å². The van der Waals surface area contributed by atoms with Gasteiger partial charge in [-0.25, -0.2) is 18.7 Å². The fraction of sp³-hybridized carbons (Fsp3) is 0.250. The van der Waals surface area contributed by atoms with Crippen molar-refractivity contribution in [2.45, 2.75) is 43.5 Å². The number of fused-ring (bicyclic) bond motifs is 1. The van der Waals surface area contributed by atoms with E-state index in [2.05, 4.69) is 19.3 Å². The number of hydrogen-bond donors (Lipinski definition) is 2. The second-order valence-electron chi connectivity index (χ2n) is 8.15. The molecule has 3 N–H and O–H groups in total. The van der Waals surface area contributed by atoms with Crippen LogP contribution in [0.4, 0.5) is 20.3 Å². The molecule has 2 aromatic carbocycles. The zero-order chi connectivity index (χ0) is 22.2. The minimum absolute atomic E-state index is 0.325. The molecule has 8 heteroatoms. The normalized spacial score (nSPS) is 14.3. The van der Waals surface area contributed by atoms with E-state index in [1.165, 1.54) is 49.3 Å². The van der Waals surface area contributed by atoms with Gasteiger partial charge in [-0.05, 0) is 67.1 Å². The highest BCUT2D eigenvalue weighted by molar-refractivity contribution is 8.00. The lowest BCUT2D eigenvalue weighted by Crippen LogP contribution is -2.04. The quantitative estimate of drug-likeness (QED) is 0.339. The number of rotatable bonds is 5. The van der Waals surface area contributed by atoms with Crippen molar-refractivity contribution in [3.63, 3.8) is 0 Å². The van der Waals surface area contributed by atoms with E-state index in [9.17, 15) is 4.39 Å². The molecule has 0 bridgehead atoms. The Hall–Kier alpha value is -3.13. The average Bonchev–Trinajstić information content (AvgIpc) is 3.43. The fourth-order valence-corrected chi connectivity index (χ4v) is 5.13. The van der Waals surface area contributed by atoms with Crippen molar-refractivity contribution in [1.29, 1.82) is 0 Å². The monoisotopic (exact) mass is 451 g/mol. The molecule has 0 radical (unpaired) electrons. The molecule has 1 saturated carbocycles. The molecule has 0 atom stereocenters. The summed E-state index contributed by atoms with van der Waals surface area (Å²) in [7, 11) is 0. The topological polar surface area (TPSA) is 68.8 Å². The maximum atomic E-state index is 15.0. The van der Waals surface area contributed by atoms with Gasteiger partial charge in [0.2, 0.25) is 0 Å². The van der Waals surface area contributed by atoms with E-state index >= 15 is 4.39 Å². The maximum absolute atomic E-state index is 15.0. The van der Waals surface area contributed by atoms with Crippen molar-refractivity contribution in [2.75, 3.05) is 10.5 Å². The van der Waals surface area contributed by atoms with Crippen LogP contribution in [0.5, 0.6) is 0 Å². The van der Waals surface area contributed by atoms with Crippen LogP contribution in [0, 0.1) is 18.6 Å². The molecule has 0 amide bonds. The van der Waals surface area contributed by atoms with Crippen molar-refractivity contribution in [2.24, 2.45) is 0 Å². The van der Waals surface area contributed by atoms with E-state index in [1.807, 2.05) is 19.2 Å². The molecule has 1 aliphatic rings. The van der Waals surface area contributed by atoms with E-state index in [1.54, 1.807) is 12.1 Å². The Labute approximate surface area is 189 Å². The molecule has 32 heavy (non-hydrogen) atoms. The van der Waals surface area contributed by atoms with Crippen molar-refractivity contribution < 1.29 is 8.78 Å². The second kappa shape index (κ2) is 8.43. The van der Waals surface area contributed by atoms with E-state index in [0.717, 1.165) is 35.0 Å². The standard InChI is InChI=1S/C24H23F2N5S/c1-14-6-8-16(25)11-21(14)32-30-20-9-7-15(10-19(20)26)18-12-31(17-4-2-3-5-17)24-22(18)23(27)28-13-29-24/h6-13,17,30H,2-5H2,1H3,(H2,27,28,29). The summed E-state index contributed by atoms with van der Waals surface area (Å²) in [4.78, 5) is 9.35. The molecule has 2 aromatic heterocycles. The van der Waals surface area contributed by atoms with Gasteiger partial charge in [0.05, 0.1) is 11.1 Å². The van der Waals surface area contributed by atoms with Crippen molar-refractivity contribution in [3.05, 3.63) is 66.1 Å². The Morgan fingerprint density at radius 3 is 2.69 bits per heavy atom. The molecule has 1 aliphatic carbocycles. The fourth-order valence-electron chi connectivity index (χ4n) is 4.35. The third-order valence-corrected chi connectivity index (χ3v) is 7.04. The third kappa shape index (κ3) is 3.79. The SMILES string of the molecule is Cc1ccc(F)cc1SNc1ccc(-c2cn(C3CCCC3)c3ncnc(N)c23)cc1F. The predicted octanol–water partition coefficient (Wildman–Crippen LogP) is 6.50. The Balaban J connectivity index is 1.48. The van der Waals surface area contributed by atoms with Crippen LogP contribution in [-0.2, 0) is 0 Å². The highest BCUT2D eigenvalue weighted by Crippen LogP contribution is 2.39. The minimum atomic E-state index is -0.402. The summed E-state index contributed by atoms with van der Waals surface area (Å²) in [6.07, 6.45) is 8.09. The van der Waals surface area contributed by atoms with Gasteiger partial charge in [-0.1, -0.05) is 25.0 Å². The van der Waals surface area contributed by atoms with Crippen LogP contribution in [-0.4, -0.2) is 14.5 Å². The minimum Gasteiger partial charge on any atom is -0.383 e. The largest absolute Gasteiger partial charge is 0.383 e. The van der Waals surface area contributed by atoms with Gasteiger partial charge in [0, 0.05) is 22.7 Å². The van der Waals surface area contributed by atoms with Gasteiger partial charge in [-0.3, -0.25) is 0 Å². The first kappa shape index (κ1) is 20.8. The maximum Gasteiger partial charge on any atom is 0.147 e. The van der Waals surface area contributed by atoms with Gasteiger partial charge < -0.3 is 15.0 Å². The number of benzene rings is 2. The molecule has 0 unspecified atom stereocenters. The number of aryl methyl sites for hydroxylation is 1. The smallest absolute Gasteiger partial charge is 0.147 e. The zero-order valence-electron chi connectivity index (χ0n) is 17.6. The summed E-state index contributed by atoms with van der Waals surface area (Å²) in [6, 6.07) is 9.94. The van der Waals surface area contributed by atoms with E-state index in [4.69, 9.17) is 5.73 Å². The van der Waals surface area contributed by atoms with Gasteiger partial charge in [0.25, 0.3) is 0 Å². The van der Waals surface area contributed by atoms with Crippen LogP contribution >= 0.6 is 11.9 Å². The lowest BCUT2D eigenvalue weighted by atomic mass is 10.1. The van der Waals surface area contributed by atoms with Gasteiger partial charge in [-0.15, -0.1) is 0 Å². The Bertz CT molecular complexity index is 1300. The first-order valence-corrected chi connectivity index (χ1v) is 11.4. The molecule has 164 valence electrons. The number of nitrogens with two attached hydrogens (primary N) is 1. The number of nitrogen functional groups attached to an aromatic ring is 1. The molecular weight excluding hydrogens is 428 g/mol. The highest BCUT2D eigenvalue weighted by atomic mass is 32.2. The Morgan fingerprint density at radius 1 is 1.09 bits per heavy atom.